The highest BCUT2D eigenvalue weighted by Gasteiger charge is 2.42. The van der Waals surface area contributed by atoms with Gasteiger partial charge in [0.1, 0.15) is 0 Å². The Kier molecular flexibility index (Phi) is 3.62. The summed E-state index contributed by atoms with van der Waals surface area (Å²) in [7, 11) is 0. The Hall–Kier alpha value is -1.61. The molecule has 0 spiro atoms. The van der Waals surface area contributed by atoms with Crippen molar-refractivity contribution in [2.75, 3.05) is 5.06 Å². The molecule has 1 saturated carbocycles. The third kappa shape index (κ3) is 2.50. The van der Waals surface area contributed by atoms with Crippen molar-refractivity contribution in [3.05, 3.63) is 42.5 Å². The van der Waals surface area contributed by atoms with Crippen molar-refractivity contribution >= 4 is 11.6 Å². The van der Waals surface area contributed by atoms with E-state index in [1.165, 1.54) is 5.06 Å². The summed E-state index contributed by atoms with van der Waals surface area (Å²) in [5, 5.41) is 1.50. The van der Waals surface area contributed by atoms with Gasteiger partial charge in [-0.2, -0.15) is 5.06 Å². The van der Waals surface area contributed by atoms with Gasteiger partial charge >= 0.3 is 0 Å². The van der Waals surface area contributed by atoms with Crippen LogP contribution in [-0.4, -0.2) is 12.0 Å². The minimum Gasteiger partial charge on any atom is -0.272 e. The van der Waals surface area contributed by atoms with Crippen LogP contribution >= 0.6 is 0 Å². The smallest absolute Gasteiger partial charge is 0.254 e. The average Bonchev–Trinajstić information content (AvgIpc) is 3.07. The van der Waals surface area contributed by atoms with Crippen LogP contribution in [0.25, 0.3) is 0 Å². The van der Waals surface area contributed by atoms with Gasteiger partial charge in [-0.05, 0) is 50.7 Å². The number of para-hydroxylation sites is 1. The van der Waals surface area contributed by atoms with Gasteiger partial charge in [-0.3, -0.25) is 9.63 Å². The second-order valence-corrected chi connectivity index (χ2v) is 6.01. The summed E-state index contributed by atoms with van der Waals surface area (Å²) in [5.41, 5.74) is 0.818. The Morgan fingerprint density at radius 2 is 1.95 bits per heavy atom. The Morgan fingerprint density at radius 1 is 1.20 bits per heavy atom. The maximum Gasteiger partial charge on any atom is 0.254 e. The zero-order valence-corrected chi connectivity index (χ0v) is 12.0. The van der Waals surface area contributed by atoms with E-state index in [0.29, 0.717) is 11.8 Å². The lowest BCUT2D eigenvalue weighted by atomic mass is 9.92. The number of anilines is 1. The molecule has 106 valence electrons. The number of nitrogens with zero attached hydrogens (tertiary/aromatic N) is 1. The topological polar surface area (TPSA) is 29.5 Å². The third-order valence-electron chi connectivity index (χ3n) is 4.10. The fourth-order valence-corrected chi connectivity index (χ4v) is 3.23. The maximum absolute atomic E-state index is 12.8. The molecule has 0 aliphatic heterocycles. The van der Waals surface area contributed by atoms with E-state index in [-0.39, 0.29) is 17.9 Å². The van der Waals surface area contributed by atoms with E-state index in [0.717, 1.165) is 18.5 Å². The van der Waals surface area contributed by atoms with Gasteiger partial charge in [0.25, 0.3) is 5.91 Å². The van der Waals surface area contributed by atoms with Crippen LogP contribution in [0.4, 0.5) is 5.69 Å². The van der Waals surface area contributed by atoms with Crippen LogP contribution in [0.2, 0.25) is 0 Å². The van der Waals surface area contributed by atoms with Crippen LogP contribution in [0.1, 0.15) is 26.7 Å². The molecular formula is C17H21NO2. The predicted octanol–water partition coefficient (Wildman–Crippen LogP) is 3.57. The summed E-state index contributed by atoms with van der Waals surface area (Å²) in [6.07, 6.45) is 6.53. The number of fused-ring (bicyclic) bond motifs is 2. The molecule has 0 unspecified atom stereocenters. The van der Waals surface area contributed by atoms with E-state index in [1.807, 2.05) is 44.2 Å². The second kappa shape index (κ2) is 5.41. The first kappa shape index (κ1) is 13.4. The Balaban J connectivity index is 1.82. The molecule has 2 aliphatic rings. The lowest BCUT2D eigenvalue weighted by Gasteiger charge is -2.28. The zero-order chi connectivity index (χ0) is 14.1. The highest BCUT2D eigenvalue weighted by atomic mass is 16.7. The van der Waals surface area contributed by atoms with Crippen molar-refractivity contribution in [1.29, 1.82) is 0 Å². The molecule has 1 fully saturated rings. The van der Waals surface area contributed by atoms with Gasteiger partial charge in [0, 0.05) is 5.92 Å². The third-order valence-corrected chi connectivity index (χ3v) is 4.10. The standard InChI is InChI=1S/C17H21NO2/c1-12(2)20-18(15-6-4-3-5-7-15)17(19)16-11-13-8-9-14(16)10-13/h3-9,12-14,16H,10-11H2,1-2H3/t13-,14+,16-/m1/s1. The summed E-state index contributed by atoms with van der Waals surface area (Å²) >= 11 is 0. The molecule has 3 atom stereocenters. The van der Waals surface area contributed by atoms with E-state index in [2.05, 4.69) is 12.2 Å². The molecule has 0 heterocycles. The second-order valence-electron chi connectivity index (χ2n) is 6.01. The van der Waals surface area contributed by atoms with E-state index in [1.54, 1.807) is 0 Å². The van der Waals surface area contributed by atoms with Crippen LogP contribution < -0.4 is 5.06 Å². The summed E-state index contributed by atoms with van der Waals surface area (Å²) in [6, 6.07) is 9.65. The van der Waals surface area contributed by atoms with Gasteiger partial charge < -0.3 is 0 Å². The van der Waals surface area contributed by atoms with E-state index in [4.69, 9.17) is 4.84 Å². The average molecular weight is 271 g/mol. The molecule has 3 nitrogen and oxygen atoms in total. The molecule has 3 rings (SSSR count). The lowest BCUT2D eigenvalue weighted by molar-refractivity contribution is -0.132. The molecule has 2 aliphatic carbocycles. The number of amides is 1. The lowest BCUT2D eigenvalue weighted by Crippen LogP contribution is -2.39. The minimum absolute atomic E-state index is 0.0201. The minimum atomic E-state index is -0.0201. The summed E-state index contributed by atoms with van der Waals surface area (Å²) in [4.78, 5) is 18.6. The summed E-state index contributed by atoms with van der Waals surface area (Å²) in [6.45, 7) is 3.90. The quantitative estimate of drug-likeness (QED) is 0.619. The highest BCUT2D eigenvalue weighted by Crippen LogP contribution is 2.44. The number of hydroxylamine groups is 1. The first-order valence-electron chi connectivity index (χ1n) is 7.39. The first-order chi connectivity index (χ1) is 9.65. The predicted molar refractivity (Wildman–Crippen MR) is 79.0 cm³/mol. The van der Waals surface area contributed by atoms with Gasteiger partial charge in [-0.15, -0.1) is 0 Å². The highest BCUT2D eigenvalue weighted by molar-refractivity contribution is 5.93. The van der Waals surface area contributed by atoms with E-state index < -0.39 is 0 Å². The largest absolute Gasteiger partial charge is 0.272 e. The molecule has 1 aromatic carbocycles. The molecule has 0 saturated heterocycles. The molecule has 3 heteroatoms. The van der Waals surface area contributed by atoms with Gasteiger partial charge in [0.05, 0.1) is 11.8 Å². The fraction of sp³-hybridized carbons (Fsp3) is 0.471. The van der Waals surface area contributed by atoms with Crippen molar-refractivity contribution in [3.63, 3.8) is 0 Å². The van der Waals surface area contributed by atoms with Crippen molar-refractivity contribution in [1.82, 2.24) is 0 Å². The van der Waals surface area contributed by atoms with E-state index >= 15 is 0 Å². The van der Waals surface area contributed by atoms with Crippen LogP contribution in [0.3, 0.4) is 0 Å². The number of hydrogen-bond donors (Lipinski definition) is 0. The van der Waals surface area contributed by atoms with Gasteiger partial charge in [-0.25, -0.2) is 0 Å². The molecule has 1 aromatic rings. The van der Waals surface area contributed by atoms with Crippen molar-refractivity contribution in [2.24, 2.45) is 17.8 Å². The Bertz CT molecular complexity index is 509. The number of carbonyl (C=O) groups is 1. The van der Waals surface area contributed by atoms with Crippen LogP contribution in [0, 0.1) is 17.8 Å². The molecule has 1 amide bonds. The van der Waals surface area contributed by atoms with Crippen molar-refractivity contribution in [2.45, 2.75) is 32.8 Å². The van der Waals surface area contributed by atoms with Crippen LogP contribution in [0.5, 0.6) is 0 Å². The molecule has 0 radical (unpaired) electrons. The van der Waals surface area contributed by atoms with Crippen LogP contribution in [-0.2, 0) is 9.63 Å². The van der Waals surface area contributed by atoms with Crippen molar-refractivity contribution < 1.29 is 9.63 Å². The first-order valence-corrected chi connectivity index (χ1v) is 7.39. The zero-order valence-electron chi connectivity index (χ0n) is 12.0. The number of benzene rings is 1. The SMILES string of the molecule is CC(C)ON(C(=O)[C@@H]1C[C@@H]2C=C[C@H]1C2)c1ccccc1. The van der Waals surface area contributed by atoms with Gasteiger partial charge in [0.15, 0.2) is 0 Å². The fourth-order valence-electron chi connectivity index (χ4n) is 3.23. The monoisotopic (exact) mass is 271 g/mol. The molecule has 20 heavy (non-hydrogen) atoms. The van der Waals surface area contributed by atoms with Gasteiger partial charge in [0.2, 0.25) is 0 Å². The maximum atomic E-state index is 12.8. The molecule has 2 bridgehead atoms. The van der Waals surface area contributed by atoms with Crippen molar-refractivity contribution in [3.8, 4) is 0 Å². The van der Waals surface area contributed by atoms with E-state index in [9.17, 15) is 4.79 Å². The summed E-state index contributed by atoms with van der Waals surface area (Å²) < 4.78 is 0. The molecular weight excluding hydrogens is 250 g/mol. The Morgan fingerprint density at radius 3 is 2.50 bits per heavy atom. The normalized spacial score (nSPS) is 27.2. The molecule has 0 N–H and O–H groups in total. The Labute approximate surface area is 120 Å². The van der Waals surface area contributed by atoms with Crippen LogP contribution in [0.15, 0.2) is 42.5 Å². The number of rotatable bonds is 4. The summed E-state index contributed by atoms with van der Waals surface area (Å²) in [5.74, 6) is 1.16. The number of carbonyl (C=O) groups excluding carboxylic acids is 1. The number of hydrogen-bond acceptors (Lipinski definition) is 2. The van der Waals surface area contributed by atoms with Gasteiger partial charge in [-0.1, -0.05) is 30.4 Å². The number of allylic oxidation sites excluding steroid dienone is 2. The molecule has 0 aromatic heterocycles.